The molecule has 3 aromatic rings. The van der Waals surface area contributed by atoms with Crippen LogP contribution in [0.4, 0.5) is 11.4 Å². The van der Waals surface area contributed by atoms with Gasteiger partial charge in [0.2, 0.25) is 0 Å². The molecule has 0 aliphatic carbocycles. The fraction of sp³-hybridized carbons (Fsp3) is 0.120. The van der Waals surface area contributed by atoms with E-state index in [1.165, 1.54) is 11.8 Å². The second kappa shape index (κ2) is 10.9. The topological polar surface area (TPSA) is 51.1 Å². The molecule has 0 spiro atoms. The second-order valence-corrected chi connectivity index (χ2v) is 9.80. The molecule has 0 bridgehead atoms. The molecule has 1 amide bonds. The number of amides is 1. The zero-order valence-electron chi connectivity index (χ0n) is 18.2. The molecule has 1 aliphatic rings. The minimum Gasteiger partial charge on any atom is -0.493 e. The van der Waals surface area contributed by atoms with Crippen molar-refractivity contribution in [1.29, 1.82) is 0 Å². The van der Waals surface area contributed by atoms with E-state index in [4.69, 9.17) is 37.7 Å². The summed E-state index contributed by atoms with van der Waals surface area (Å²) in [6, 6.07) is 17.9. The van der Waals surface area contributed by atoms with E-state index in [-0.39, 0.29) is 5.91 Å². The van der Waals surface area contributed by atoms with Gasteiger partial charge in [-0.3, -0.25) is 9.69 Å². The third-order valence-electron chi connectivity index (χ3n) is 4.78. The molecule has 1 aliphatic heterocycles. The van der Waals surface area contributed by atoms with Gasteiger partial charge in [-0.2, -0.15) is 0 Å². The predicted octanol–water partition coefficient (Wildman–Crippen LogP) is 7.97. The smallest absolute Gasteiger partial charge is 0.271 e. The molecule has 34 heavy (non-hydrogen) atoms. The first-order chi connectivity index (χ1) is 16.4. The Balaban J connectivity index is 1.76. The third-order valence-corrected chi connectivity index (χ3v) is 6.84. The molecular formula is C25H19BrCl2N2O3S. The number of thioether (sulfide) groups is 1. The molecule has 174 valence electrons. The quantitative estimate of drug-likeness (QED) is 0.279. The molecule has 1 heterocycles. The summed E-state index contributed by atoms with van der Waals surface area (Å²) in [6.07, 6.45) is 1.81. The van der Waals surface area contributed by atoms with Gasteiger partial charge in [-0.1, -0.05) is 23.2 Å². The van der Waals surface area contributed by atoms with Crippen LogP contribution in [0.5, 0.6) is 11.5 Å². The summed E-state index contributed by atoms with van der Waals surface area (Å²) >= 11 is 16.9. The Hall–Kier alpha value is -2.45. The first-order valence-electron chi connectivity index (χ1n) is 10.2. The number of nitrogens with zero attached hydrogens (tertiary/aromatic N) is 2. The van der Waals surface area contributed by atoms with Crippen LogP contribution in [-0.4, -0.2) is 24.8 Å². The van der Waals surface area contributed by atoms with E-state index in [0.717, 1.165) is 10.0 Å². The van der Waals surface area contributed by atoms with Crippen LogP contribution in [0.3, 0.4) is 0 Å². The number of rotatable bonds is 6. The van der Waals surface area contributed by atoms with Crippen molar-refractivity contribution in [2.45, 2.75) is 6.92 Å². The van der Waals surface area contributed by atoms with Crippen molar-refractivity contribution in [2.75, 3.05) is 18.6 Å². The number of aliphatic imine (C=N–C) groups is 1. The first-order valence-corrected chi connectivity index (χ1v) is 12.6. The van der Waals surface area contributed by atoms with Crippen LogP contribution in [0, 0.1) is 0 Å². The zero-order valence-corrected chi connectivity index (χ0v) is 22.1. The molecule has 5 nitrogen and oxygen atoms in total. The molecule has 0 radical (unpaired) electrons. The lowest BCUT2D eigenvalue weighted by Gasteiger charge is -2.15. The van der Waals surface area contributed by atoms with E-state index in [1.54, 1.807) is 60.5 Å². The molecule has 0 unspecified atom stereocenters. The largest absolute Gasteiger partial charge is 0.493 e. The van der Waals surface area contributed by atoms with Crippen LogP contribution in [-0.2, 0) is 4.79 Å². The van der Waals surface area contributed by atoms with Crippen molar-refractivity contribution in [3.05, 3.63) is 85.7 Å². The average Bonchev–Trinajstić information content (AvgIpc) is 3.12. The predicted molar refractivity (Wildman–Crippen MR) is 145 cm³/mol. The maximum Gasteiger partial charge on any atom is 0.271 e. The normalized spacial score (nSPS) is 15.9. The van der Waals surface area contributed by atoms with Gasteiger partial charge in [0.15, 0.2) is 16.7 Å². The lowest BCUT2D eigenvalue weighted by molar-refractivity contribution is -0.113. The van der Waals surface area contributed by atoms with Crippen molar-refractivity contribution in [1.82, 2.24) is 0 Å². The molecule has 1 fully saturated rings. The highest BCUT2D eigenvalue weighted by Crippen LogP contribution is 2.41. The van der Waals surface area contributed by atoms with Gasteiger partial charge in [0, 0.05) is 10.0 Å². The lowest BCUT2D eigenvalue weighted by Crippen LogP contribution is -2.28. The summed E-state index contributed by atoms with van der Waals surface area (Å²) in [6.45, 7) is 2.41. The fourth-order valence-corrected chi connectivity index (χ4v) is 5.08. The van der Waals surface area contributed by atoms with Crippen molar-refractivity contribution in [2.24, 2.45) is 4.99 Å². The maximum absolute atomic E-state index is 13.5. The van der Waals surface area contributed by atoms with Gasteiger partial charge in [0.1, 0.15) is 0 Å². The minimum atomic E-state index is -0.191. The Kier molecular flexibility index (Phi) is 7.88. The van der Waals surface area contributed by atoms with E-state index in [1.807, 2.05) is 25.1 Å². The number of hydrogen-bond acceptors (Lipinski definition) is 5. The highest BCUT2D eigenvalue weighted by atomic mass is 79.9. The number of methoxy groups -OCH3 is 1. The molecule has 4 rings (SSSR count). The van der Waals surface area contributed by atoms with Crippen molar-refractivity contribution in [3.63, 3.8) is 0 Å². The SMILES string of the molecule is CCOc1c(Br)cc(/C=C2\SC(=Nc3ccc(Cl)cc3)N(c3ccc(Cl)cc3)C2=O)cc1OC. The number of benzene rings is 3. The van der Waals surface area contributed by atoms with Gasteiger partial charge >= 0.3 is 0 Å². The second-order valence-electron chi connectivity index (χ2n) is 7.07. The molecular weight excluding hydrogens is 559 g/mol. The Morgan fingerprint density at radius 2 is 1.71 bits per heavy atom. The van der Waals surface area contributed by atoms with Crippen molar-refractivity contribution in [3.8, 4) is 11.5 Å². The Labute approximate surface area is 220 Å². The summed E-state index contributed by atoms with van der Waals surface area (Å²) in [5.74, 6) is 0.998. The van der Waals surface area contributed by atoms with E-state index in [0.29, 0.717) is 49.6 Å². The zero-order chi connectivity index (χ0) is 24.2. The molecule has 9 heteroatoms. The number of ether oxygens (including phenoxy) is 2. The van der Waals surface area contributed by atoms with E-state index in [9.17, 15) is 4.79 Å². The van der Waals surface area contributed by atoms with Gasteiger partial charge in [-0.15, -0.1) is 0 Å². The average molecular weight is 578 g/mol. The van der Waals surface area contributed by atoms with Crippen LogP contribution in [0.15, 0.2) is 75.0 Å². The molecule has 1 saturated heterocycles. The first kappa shape index (κ1) is 24.7. The van der Waals surface area contributed by atoms with E-state index < -0.39 is 0 Å². The number of carbonyl (C=O) groups excluding carboxylic acids is 1. The summed E-state index contributed by atoms with van der Waals surface area (Å²) in [7, 11) is 1.58. The van der Waals surface area contributed by atoms with E-state index >= 15 is 0 Å². The van der Waals surface area contributed by atoms with Gasteiger partial charge in [-0.05, 0) is 107 Å². The van der Waals surface area contributed by atoms with Crippen LogP contribution < -0.4 is 14.4 Å². The molecule has 0 atom stereocenters. The molecule has 3 aromatic carbocycles. The van der Waals surface area contributed by atoms with E-state index in [2.05, 4.69) is 15.9 Å². The standard InChI is InChI=1S/C25H19BrCl2N2O3S/c1-3-33-23-20(26)12-15(13-21(23)32-2)14-22-24(31)30(19-10-6-17(28)7-11-19)25(34-22)29-18-8-4-16(27)5-9-18/h4-14H,3H2,1-2H3/b22-14-,29-25?. The molecule has 0 saturated carbocycles. The molecule has 0 aromatic heterocycles. The van der Waals surface area contributed by atoms with Gasteiger partial charge in [0.05, 0.1) is 34.5 Å². The number of hydrogen-bond donors (Lipinski definition) is 0. The van der Waals surface area contributed by atoms with Crippen LogP contribution in [0.1, 0.15) is 12.5 Å². The lowest BCUT2D eigenvalue weighted by atomic mass is 10.1. The summed E-state index contributed by atoms with van der Waals surface area (Å²) in [5, 5.41) is 1.73. The Morgan fingerprint density at radius 1 is 1.06 bits per heavy atom. The Morgan fingerprint density at radius 3 is 2.32 bits per heavy atom. The summed E-state index contributed by atoms with van der Waals surface area (Å²) in [5.41, 5.74) is 2.14. The Bertz CT molecular complexity index is 1280. The third kappa shape index (κ3) is 5.44. The monoisotopic (exact) mass is 576 g/mol. The number of carbonyl (C=O) groups is 1. The number of halogens is 3. The highest BCUT2D eigenvalue weighted by molar-refractivity contribution is 9.10. The van der Waals surface area contributed by atoms with Gasteiger partial charge < -0.3 is 9.47 Å². The summed E-state index contributed by atoms with van der Waals surface area (Å²) in [4.78, 5) is 20.3. The van der Waals surface area contributed by atoms with Crippen molar-refractivity contribution < 1.29 is 14.3 Å². The fourth-order valence-electron chi connectivity index (χ4n) is 3.25. The van der Waals surface area contributed by atoms with Crippen molar-refractivity contribution >= 4 is 79.4 Å². The van der Waals surface area contributed by atoms with Gasteiger partial charge in [-0.25, -0.2) is 4.99 Å². The van der Waals surface area contributed by atoms with Crippen LogP contribution in [0.2, 0.25) is 10.0 Å². The number of amidine groups is 1. The highest BCUT2D eigenvalue weighted by Gasteiger charge is 2.35. The number of anilines is 1. The van der Waals surface area contributed by atoms with Gasteiger partial charge in [0.25, 0.3) is 5.91 Å². The van der Waals surface area contributed by atoms with Crippen LogP contribution in [0.25, 0.3) is 6.08 Å². The van der Waals surface area contributed by atoms with Crippen LogP contribution >= 0.6 is 50.9 Å². The summed E-state index contributed by atoms with van der Waals surface area (Å²) < 4.78 is 11.9. The minimum absolute atomic E-state index is 0.191. The molecule has 0 N–H and O–H groups in total. The maximum atomic E-state index is 13.5.